The van der Waals surface area contributed by atoms with Gasteiger partial charge in [0.15, 0.2) is 5.76 Å². The third-order valence-corrected chi connectivity index (χ3v) is 3.22. The van der Waals surface area contributed by atoms with E-state index in [1.807, 2.05) is 19.1 Å². The lowest BCUT2D eigenvalue weighted by Gasteiger charge is -2.04. The van der Waals surface area contributed by atoms with Crippen LogP contribution in [0.25, 0.3) is 11.3 Å². The van der Waals surface area contributed by atoms with Gasteiger partial charge < -0.3 is 20.2 Å². The summed E-state index contributed by atoms with van der Waals surface area (Å²) in [7, 11) is 0. The molecular weight excluding hydrogens is 322 g/mol. The summed E-state index contributed by atoms with van der Waals surface area (Å²) < 4.78 is 5.64. The van der Waals surface area contributed by atoms with E-state index in [1.165, 1.54) is 0 Å². The van der Waals surface area contributed by atoms with Crippen molar-refractivity contribution in [2.24, 2.45) is 0 Å². The fraction of sp³-hybridized carbons (Fsp3) is 0.267. The third-order valence-electron chi connectivity index (χ3n) is 2.97. The van der Waals surface area contributed by atoms with Crippen LogP contribution in [0.2, 0.25) is 5.02 Å². The van der Waals surface area contributed by atoms with Crippen molar-refractivity contribution in [2.45, 2.75) is 19.9 Å². The van der Waals surface area contributed by atoms with Gasteiger partial charge in [-0.2, -0.15) is 0 Å². The molecule has 2 aromatic rings. The summed E-state index contributed by atoms with van der Waals surface area (Å²) in [6.07, 6.45) is -0.133. The van der Waals surface area contributed by atoms with E-state index in [0.717, 1.165) is 5.56 Å². The van der Waals surface area contributed by atoms with Gasteiger partial charge in [0, 0.05) is 17.1 Å². The molecule has 2 amide bonds. The molecule has 0 bridgehead atoms. The number of nitrogens with one attached hydrogen (secondary N) is 2. The number of aliphatic carboxylic acids is 1. The van der Waals surface area contributed by atoms with Crippen LogP contribution in [-0.4, -0.2) is 28.6 Å². The van der Waals surface area contributed by atoms with Crippen LogP contribution in [0.5, 0.6) is 0 Å². The number of hydrogen-bond donors (Lipinski definition) is 3. The van der Waals surface area contributed by atoms with E-state index in [4.69, 9.17) is 21.1 Å². The molecule has 0 aliphatic carbocycles. The Morgan fingerprint density at radius 1 is 1.26 bits per heavy atom. The summed E-state index contributed by atoms with van der Waals surface area (Å²) in [6.45, 7) is 1.97. The minimum Gasteiger partial charge on any atom is -0.481 e. The molecule has 0 saturated heterocycles. The van der Waals surface area contributed by atoms with Crippen LogP contribution >= 0.6 is 11.6 Å². The van der Waals surface area contributed by atoms with Crippen molar-refractivity contribution in [3.05, 3.63) is 40.9 Å². The van der Waals surface area contributed by atoms with Gasteiger partial charge in [0.25, 0.3) is 0 Å². The maximum Gasteiger partial charge on any atom is 0.315 e. The summed E-state index contributed by atoms with van der Waals surface area (Å²) >= 11 is 5.85. The molecule has 1 aromatic heterocycles. The number of carboxylic acid groups (broad SMARTS) is 1. The smallest absolute Gasteiger partial charge is 0.315 e. The Hall–Kier alpha value is -2.54. The second kappa shape index (κ2) is 7.64. The third kappa shape index (κ3) is 5.00. The van der Waals surface area contributed by atoms with Crippen LogP contribution in [0.4, 0.5) is 4.79 Å². The fourth-order valence-corrected chi connectivity index (χ4v) is 2.02. The Kier molecular flexibility index (Phi) is 5.59. The van der Waals surface area contributed by atoms with Crippen molar-refractivity contribution < 1.29 is 19.1 Å². The maximum absolute atomic E-state index is 11.5. The normalized spacial score (nSPS) is 10.3. The van der Waals surface area contributed by atoms with Gasteiger partial charge in [-0.15, -0.1) is 0 Å². The van der Waals surface area contributed by atoms with Gasteiger partial charge in [-0.1, -0.05) is 11.6 Å². The fourth-order valence-electron chi connectivity index (χ4n) is 1.90. The molecule has 8 heteroatoms. The number of carbonyl (C=O) groups is 2. The molecule has 23 heavy (non-hydrogen) atoms. The first-order chi connectivity index (χ1) is 11.0. The number of nitrogens with zero attached hydrogens (tertiary/aromatic N) is 1. The lowest BCUT2D eigenvalue weighted by Crippen LogP contribution is -2.36. The maximum atomic E-state index is 11.5. The lowest BCUT2D eigenvalue weighted by atomic mass is 10.1. The second-order valence-corrected chi connectivity index (χ2v) is 5.22. The topological polar surface area (TPSA) is 104 Å². The van der Waals surface area contributed by atoms with E-state index < -0.39 is 12.0 Å². The number of benzene rings is 1. The van der Waals surface area contributed by atoms with Crippen molar-refractivity contribution in [1.82, 2.24) is 15.6 Å². The van der Waals surface area contributed by atoms with Crippen LogP contribution in [-0.2, 0) is 11.3 Å². The monoisotopic (exact) mass is 337 g/mol. The minimum atomic E-state index is -0.971. The van der Waals surface area contributed by atoms with Gasteiger partial charge >= 0.3 is 12.0 Å². The Balaban J connectivity index is 1.92. The molecule has 2 rings (SSSR count). The van der Waals surface area contributed by atoms with E-state index in [9.17, 15) is 9.59 Å². The molecular formula is C15H16ClN3O4. The van der Waals surface area contributed by atoms with Crippen LogP contribution < -0.4 is 10.6 Å². The Bertz CT molecular complexity index is 697. The quantitative estimate of drug-likeness (QED) is 0.751. The molecule has 0 saturated carbocycles. The van der Waals surface area contributed by atoms with E-state index in [1.54, 1.807) is 12.1 Å². The van der Waals surface area contributed by atoms with Crippen LogP contribution in [0.1, 0.15) is 18.0 Å². The molecule has 3 N–H and O–H groups in total. The zero-order valence-corrected chi connectivity index (χ0v) is 13.2. The molecule has 1 heterocycles. The largest absolute Gasteiger partial charge is 0.481 e. The number of carbonyl (C=O) groups excluding carboxylic acids is 1. The van der Waals surface area contributed by atoms with E-state index in [2.05, 4.69) is 15.6 Å². The molecule has 0 radical (unpaired) electrons. The first-order valence-electron chi connectivity index (χ1n) is 6.91. The number of rotatable bonds is 6. The summed E-state index contributed by atoms with van der Waals surface area (Å²) in [4.78, 5) is 26.1. The number of halogens is 1. The van der Waals surface area contributed by atoms with E-state index in [-0.39, 0.29) is 19.5 Å². The molecule has 0 spiro atoms. The molecule has 0 fully saturated rings. The van der Waals surface area contributed by atoms with Gasteiger partial charge in [-0.25, -0.2) is 9.78 Å². The van der Waals surface area contributed by atoms with Crippen LogP contribution in [0.3, 0.4) is 0 Å². The van der Waals surface area contributed by atoms with Gasteiger partial charge in [0.2, 0.25) is 5.89 Å². The number of carboxylic acids is 1. The highest BCUT2D eigenvalue weighted by atomic mass is 35.5. The lowest BCUT2D eigenvalue weighted by molar-refractivity contribution is -0.136. The molecule has 122 valence electrons. The Morgan fingerprint density at radius 2 is 1.96 bits per heavy atom. The van der Waals surface area contributed by atoms with Crippen molar-refractivity contribution in [1.29, 1.82) is 0 Å². The minimum absolute atomic E-state index is 0.0573. The number of aromatic nitrogens is 1. The number of oxazole rings is 1. The predicted molar refractivity (Wildman–Crippen MR) is 84.2 cm³/mol. The standard InChI is InChI=1S/C15H16ClN3O4/c1-9-14(10-2-4-11(16)5-3-10)23-12(19-9)8-18-15(22)17-7-6-13(20)21/h2-5H,6-8H2,1H3,(H,20,21)(H2,17,18,22). The number of urea groups is 1. The highest BCUT2D eigenvalue weighted by Crippen LogP contribution is 2.25. The van der Waals surface area contributed by atoms with E-state index in [0.29, 0.717) is 22.4 Å². The molecule has 7 nitrogen and oxygen atoms in total. The SMILES string of the molecule is Cc1nc(CNC(=O)NCCC(=O)O)oc1-c1ccc(Cl)cc1. The Labute approximate surface area is 137 Å². The summed E-state index contributed by atoms with van der Waals surface area (Å²) in [5, 5.41) is 14.1. The van der Waals surface area contributed by atoms with E-state index >= 15 is 0 Å². The summed E-state index contributed by atoms with van der Waals surface area (Å²) in [5.41, 5.74) is 1.55. The molecule has 0 atom stereocenters. The first kappa shape index (κ1) is 16.8. The van der Waals surface area contributed by atoms with Crippen molar-refractivity contribution in [3.63, 3.8) is 0 Å². The molecule has 0 aliphatic heterocycles. The van der Waals surface area contributed by atoms with Crippen LogP contribution in [0, 0.1) is 6.92 Å². The predicted octanol–water partition coefficient (Wildman–Crippen LogP) is 2.58. The average molecular weight is 338 g/mol. The molecule has 0 unspecified atom stereocenters. The first-order valence-corrected chi connectivity index (χ1v) is 7.29. The molecule has 0 aliphatic rings. The number of hydrogen-bond acceptors (Lipinski definition) is 4. The number of amides is 2. The van der Waals surface area contributed by atoms with Gasteiger partial charge in [0.05, 0.1) is 18.7 Å². The van der Waals surface area contributed by atoms with Gasteiger partial charge in [-0.3, -0.25) is 4.79 Å². The zero-order valence-electron chi connectivity index (χ0n) is 12.4. The highest BCUT2D eigenvalue weighted by molar-refractivity contribution is 6.30. The number of aryl methyl sites for hydroxylation is 1. The zero-order chi connectivity index (χ0) is 16.8. The average Bonchev–Trinajstić information content (AvgIpc) is 2.87. The summed E-state index contributed by atoms with van der Waals surface area (Å²) in [6, 6.07) is 6.69. The molecule has 1 aromatic carbocycles. The van der Waals surface area contributed by atoms with Crippen molar-refractivity contribution in [2.75, 3.05) is 6.54 Å². The second-order valence-electron chi connectivity index (χ2n) is 4.78. The van der Waals surface area contributed by atoms with Crippen molar-refractivity contribution in [3.8, 4) is 11.3 Å². The highest BCUT2D eigenvalue weighted by Gasteiger charge is 2.12. The van der Waals surface area contributed by atoms with Crippen LogP contribution in [0.15, 0.2) is 28.7 Å². The van der Waals surface area contributed by atoms with Crippen molar-refractivity contribution >= 4 is 23.6 Å². The summed E-state index contributed by atoms with van der Waals surface area (Å²) in [5.74, 6) is 0.00631. The van der Waals surface area contributed by atoms with Gasteiger partial charge in [0.1, 0.15) is 0 Å². The van der Waals surface area contributed by atoms with Gasteiger partial charge in [-0.05, 0) is 31.2 Å². The Morgan fingerprint density at radius 3 is 2.61 bits per heavy atom.